The fraction of sp³-hybridized carbons (Fsp3) is 0.0909. The smallest absolute Gasteiger partial charge is 0.335 e. The highest BCUT2D eigenvalue weighted by Gasteiger charge is 2.05. The third kappa shape index (κ3) is 3.21. The maximum atomic E-state index is 11.0. The van der Waals surface area contributed by atoms with Crippen LogP contribution in [-0.4, -0.2) is 12.0 Å². The third-order valence-electron chi connectivity index (χ3n) is 1.66. The summed E-state index contributed by atoms with van der Waals surface area (Å²) in [7, 11) is 0. The van der Waals surface area contributed by atoms with Crippen molar-refractivity contribution in [2.75, 3.05) is 0 Å². The Balaban J connectivity index is 2.89. The number of hydrogen-bond donors (Lipinski definition) is 0. The van der Waals surface area contributed by atoms with Gasteiger partial charge in [0.05, 0.1) is 6.54 Å². The zero-order valence-corrected chi connectivity index (χ0v) is 7.97. The normalized spacial score (nSPS) is 8.80. The Morgan fingerprint density at radius 1 is 1.53 bits per heavy atom. The first-order valence-electron chi connectivity index (χ1n) is 4.23. The molecule has 1 rings (SSSR count). The summed E-state index contributed by atoms with van der Waals surface area (Å²) >= 11 is 0. The average molecular weight is 203 g/mol. The van der Waals surface area contributed by atoms with Crippen molar-refractivity contribution in [2.24, 2.45) is 4.99 Å². The van der Waals surface area contributed by atoms with Gasteiger partial charge < -0.3 is 4.74 Å². The molecule has 1 aromatic rings. The van der Waals surface area contributed by atoms with Crippen LogP contribution in [-0.2, 0) is 16.1 Å². The minimum atomic E-state index is -0.544. The van der Waals surface area contributed by atoms with E-state index in [1.165, 1.54) is 6.08 Å². The lowest BCUT2D eigenvalue weighted by Crippen LogP contribution is -2.04. The number of carbonyl (C=O) groups excluding carboxylic acids is 2. The molecule has 0 aliphatic rings. The van der Waals surface area contributed by atoms with Crippen molar-refractivity contribution < 1.29 is 14.3 Å². The molecule has 0 fully saturated rings. The maximum absolute atomic E-state index is 11.0. The lowest BCUT2D eigenvalue weighted by Gasteiger charge is -2.05. The fourth-order valence-corrected chi connectivity index (χ4v) is 1.00. The summed E-state index contributed by atoms with van der Waals surface area (Å²) in [6.45, 7) is 3.43. The van der Waals surface area contributed by atoms with Gasteiger partial charge in [-0.3, -0.25) is 0 Å². The molecule has 0 aliphatic heterocycles. The van der Waals surface area contributed by atoms with E-state index in [1.807, 2.05) is 0 Å². The molecule has 0 N–H and O–H groups in total. The second kappa shape index (κ2) is 5.52. The molecular weight excluding hydrogens is 194 g/mol. The van der Waals surface area contributed by atoms with E-state index in [0.29, 0.717) is 11.3 Å². The summed E-state index contributed by atoms with van der Waals surface area (Å²) in [5.74, 6) is -0.168. The summed E-state index contributed by atoms with van der Waals surface area (Å²) in [5, 5.41) is 0. The number of carbonyl (C=O) groups is 1. The number of nitrogens with zero attached hydrogens (tertiary/aromatic N) is 1. The standard InChI is InChI=1S/C11H9NO3/c1-2-11(14)15-10-6-4-3-5-9(10)7-12-8-13/h2-6H,1,7H2. The molecule has 15 heavy (non-hydrogen) atoms. The average Bonchev–Trinajstić information content (AvgIpc) is 2.28. The van der Waals surface area contributed by atoms with Crippen LogP contribution in [0.5, 0.6) is 5.75 Å². The molecule has 0 saturated carbocycles. The topological polar surface area (TPSA) is 55.7 Å². The Morgan fingerprint density at radius 3 is 2.93 bits per heavy atom. The van der Waals surface area contributed by atoms with E-state index in [0.717, 1.165) is 6.08 Å². The third-order valence-corrected chi connectivity index (χ3v) is 1.66. The van der Waals surface area contributed by atoms with Gasteiger partial charge in [-0.25, -0.2) is 14.6 Å². The molecule has 0 bridgehead atoms. The van der Waals surface area contributed by atoms with Crippen LogP contribution in [0.2, 0.25) is 0 Å². The van der Waals surface area contributed by atoms with Gasteiger partial charge in [0.1, 0.15) is 5.75 Å². The number of isocyanates is 1. The van der Waals surface area contributed by atoms with Crippen LogP contribution in [0.15, 0.2) is 41.9 Å². The molecule has 0 atom stereocenters. The summed E-state index contributed by atoms with van der Waals surface area (Å²) in [4.78, 5) is 24.3. The van der Waals surface area contributed by atoms with E-state index in [-0.39, 0.29) is 6.54 Å². The van der Waals surface area contributed by atoms with Crippen LogP contribution < -0.4 is 4.74 Å². The Morgan fingerprint density at radius 2 is 2.27 bits per heavy atom. The first kappa shape index (κ1) is 10.9. The SMILES string of the molecule is C=CC(=O)Oc1ccccc1CN=C=O. The van der Waals surface area contributed by atoms with Crippen LogP contribution in [0.1, 0.15) is 5.56 Å². The molecular formula is C11H9NO3. The molecule has 0 aromatic heterocycles. The van der Waals surface area contributed by atoms with Gasteiger partial charge >= 0.3 is 5.97 Å². The van der Waals surface area contributed by atoms with Crippen molar-refractivity contribution in [2.45, 2.75) is 6.54 Å². The molecule has 1 aromatic carbocycles. The minimum Gasteiger partial charge on any atom is -0.423 e. The zero-order chi connectivity index (χ0) is 11.1. The van der Waals surface area contributed by atoms with E-state index < -0.39 is 5.97 Å². The molecule has 0 heterocycles. The van der Waals surface area contributed by atoms with Crippen molar-refractivity contribution in [3.8, 4) is 5.75 Å². The number of para-hydroxylation sites is 1. The molecule has 4 heteroatoms. The molecule has 0 radical (unpaired) electrons. The zero-order valence-electron chi connectivity index (χ0n) is 7.97. The Kier molecular flexibility index (Phi) is 4.01. The molecule has 76 valence electrons. The molecule has 0 saturated heterocycles. The van der Waals surface area contributed by atoms with Crippen molar-refractivity contribution >= 4 is 12.0 Å². The van der Waals surface area contributed by atoms with E-state index >= 15 is 0 Å². The van der Waals surface area contributed by atoms with Gasteiger partial charge in [-0.2, -0.15) is 0 Å². The summed E-state index contributed by atoms with van der Waals surface area (Å²) in [6.07, 6.45) is 2.49. The van der Waals surface area contributed by atoms with Crippen molar-refractivity contribution in [1.29, 1.82) is 0 Å². The number of rotatable bonds is 4. The van der Waals surface area contributed by atoms with E-state index in [4.69, 9.17) is 4.74 Å². The minimum absolute atomic E-state index is 0.143. The van der Waals surface area contributed by atoms with Crippen LogP contribution in [0.25, 0.3) is 0 Å². The lowest BCUT2D eigenvalue weighted by atomic mass is 10.2. The molecule has 0 spiro atoms. The summed E-state index contributed by atoms with van der Waals surface area (Å²) in [6, 6.07) is 6.82. The number of hydrogen-bond acceptors (Lipinski definition) is 4. The van der Waals surface area contributed by atoms with Crippen LogP contribution >= 0.6 is 0 Å². The van der Waals surface area contributed by atoms with Gasteiger partial charge in [-0.05, 0) is 6.07 Å². The first-order chi connectivity index (χ1) is 7.27. The van der Waals surface area contributed by atoms with Crippen molar-refractivity contribution in [3.63, 3.8) is 0 Å². The number of benzene rings is 1. The number of esters is 1. The van der Waals surface area contributed by atoms with Crippen LogP contribution in [0.4, 0.5) is 0 Å². The van der Waals surface area contributed by atoms with Gasteiger partial charge in [-0.15, -0.1) is 0 Å². The second-order valence-electron chi connectivity index (χ2n) is 2.64. The van der Waals surface area contributed by atoms with Gasteiger partial charge in [0, 0.05) is 11.6 Å². The first-order valence-corrected chi connectivity index (χ1v) is 4.23. The largest absolute Gasteiger partial charge is 0.423 e. The Labute approximate surface area is 86.9 Å². The highest BCUT2D eigenvalue weighted by molar-refractivity contribution is 5.83. The molecule has 0 aliphatic carbocycles. The van der Waals surface area contributed by atoms with E-state index in [9.17, 15) is 9.59 Å². The predicted octanol–water partition coefficient (Wildman–Crippen LogP) is 1.61. The monoisotopic (exact) mass is 203 g/mol. The Bertz CT molecular complexity index is 420. The Hall–Kier alpha value is -2.19. The number of ether oxygens (including phenoxy) is 1. The highest BCUT2D eigenvalue weighted by Crippen LogP contribution is 2.18. The van der Waals surface area contributed by atoms with Crippen LogP contribution in [0.3, 0.4) is 0 Å². The predicted molar refractivity (Wildman–Crippen MR) is 54.1 cm³/mol. The van der Waals surface area contributed by atoms with Gasteiger partial charge in [0.15, 0.2) is 0 Å². The van der Waals surface area contributed by atoms with Gasteiger partial charge in [-0.1, -0.05) is 24.8 Å². The van der Waals surface area contributed by atoms with Crippen molar-refractivity contribution in [3.05, 3.63) is 42.5 Å². The summed E-state index contributed by atoms with van der Waals surface area (Å²) < 4.78 is 4.94. The molecule has 0 unspecified atom stereocenters. The van der Waals surface area contributed by atoms with E-state index in [2.05, 4.69) is 11.6 Å². The van der Waals surface area contributed by atoms with Crippen LogP contribution in [0, 0.1) is 0 Å². The van der Waals surface area contributed by atoms with Crippen molar-refractivity contribution in [1.82, 2.24) is 0 Å². The van der Waals surface area contributed by atoms with Gasteiger partial charge in [0.2, 0.25) is 6.08 Å². The quantitative estimate of drug-likeness (QED) is 0.245. The molecule has 0 amide bonds. The maximum Gasteiger partial charge on any atom is 0.335 e. The fourth-order valence-electron chi connectivity index (χ4n) is 1.00. The second-order valence-corrected chi connectivity index (χ2v) is 2.64. The van der Waals surface area contributed by atoms with E-state index in [1.54, 1.807) is 24.3 Å². The summed E-state index contributed by atoms with van der Waals surface area (Å²) in [5.41, 5.74) is 0.649. The van der Waals surface area contributed by atoms with Gasteiger partial charge in [0.25, 0.3) is 0 Å². The molecule has 4 nitrogen and oxygen atoms in total. The lowest BCUT2D eigenvalue weighted by molar-refractivity contribution is -0.129. The highest BCUT2D eigenvalue weighted by atomic mass is 16.5. The number of aliphatic imine (C=N–C) groups is 1.